The average Bonchev–Trinajstić information content (AvgIpc) is 2.37. The topological polar surface area (TPSA) is 61.8 Å². The molecule has 0 aromatic heterocycles. The molecule has 1 aromatic carbocycles. The number of likely N-dealkylation sites (N-methyl/N-ethyl adjacent to an activating group) is 1. The van der Waals surface area contributed by atoms with Crippen LogP contribution in [0.1, 0.15) is 20.8 Å². The lowest BCUT2D eigenvalue weighted by atomic mass is 10.1. The molecule has 0 unspecified atom stereocenters. The lowest BCUT2D eigenvalue weighted by Gasteiger charge is -2.28. The number of hydrogen-bond donors (Lipinski definition) is 2. The summed E-state index contributed by atoms with van der Waals surface area (Å²) in [7, 11) is 0. The van der Waals surface area contributed by atoms with Crippen LogP contribution in [0.4, 0.5) is 23.7 Å². The van der Waals surface area contributed by atoms with Crippen LogP contribution < -0.4 is 10.1 Å². The predicted molar refractivity (Wildman–Crippen MR) is 75.6 cm³/mol. The van der Waals surface area contributed by atoms with Crippen molar-refractivity contribution in [2.45, 2.75) is 33.0 Å². The molecule has 0 aliphatic heterocycles. The Bertz CT molecular complexity index is 519. The van der Waals surface area contributed by atoms with Crippen LogP contribution in [-0.4, -0.2) is 41.3 Å². The van der Waals surface area contributed by atoms with Gasteiger partial charge in [0.2, 0.25) is 0 Å². The Morgan fingerprint density at radius 3 is 2.59 bits per heavy atom. The number of amides is 2. The molecule has 1 rings (SSSR count). The molecule has 0 fully saturated rings. The van der Waals surface area contributed by atoms with Gasteiger partial charge in [-0.1, -0.05) is 0 Å². The van der Waals surface area contributed by atoms with Gasteiger partial charge in [0, 0.05) is 12.6 Å². The summed E-state index contributed by atoms with van der Waals surface area (Å²) in [6, 6.07) is 2.17. The van der Waals surface area contributed by atoms with Gasteiger partial charge in [-0.3, -0.25) is 0 Å². The average molecular weight is 320 g/mol. The van der Waals surface area contributed by atoms with E-state index in [0.29, 0.717) is 0 Å². The van der Waals surface area contributed by atoms with E-state index in [1.54, 1.807) is 6.92 Å². The number of rotatable bonds is 6. The summed E-state index contributed by atoms with van der Waals surface area (Å²) >= 11 is 0. The van der Waals surface area contributed by atoms with Gasteiger partial charge in [0.15, 0.2) is 0 Å². The molecule has 0 bridgehead atoms. The molecule has 0 spiro atoms. The van der Waals surface area contributed by atoms with Crippen molar-refractivity contribution in [1.82, 2.24) is 4.90 Å². The third-order valence-electron chi connectivity index (χ3n) is 2.65. The number of anilines is 1. The van der Waals surface area contributed by atoms with Crippen LogP contribution in [-0.2, 0) is 0 Å². The largest absolute Gasteiger partial charge is 0.433 e. The number of halogens is 3. The van der Waals surface area contributed by atoms with Gasteiger partial charge in [-0.05, 0) is 32.9 Å². The standard InChI is InChI=1S/C14H19F3N2O3/c1-4-19(8-14(2,3)21)13(20)18-10-7-9(15)5-6-11(10)22-12(16)17/h5-7,12,21H,4,8H2,1-3H3,(H,18,20). The third-order valence-corrected chi connectivity index (χ3v) is 2.65. The van der Waals surface area contributed by atoms with E-state index >= 15 is 0 Å². The molecular weight excluding hydrogens is 301 g/mol. The summed E-state index contributed by atoms with van der Waals surface area (Å²) in [5.41, 5.74) is -1.34. The minimum absolute atomic E-state index is 0.0235. The second-order valence-electron chi connectivity index (χ2n) is 5.28. The third kappa shape index (κ3) is 5.80. The van der Waals surface area contributed by atoms with Gasteiger partial charge in [-0.2, -0.15) is 8.78 Å². The first kappa shape index (κ1) is 18.1. The zero-order valence-electron chi connectivity index (χ0n) is 12.6. The van der Waals surface area contributed by atoms with Crippen molar-refractivity contribution in [3.63, 3.8) is 0 Å². The van der Waals surface area contributed by atoms with Crippen LogP contribution in [0.15, 0.2) is 18.2 Å². The highest BCUT2D eigenvalue weighted by atomic mass is 19.3. The van der Waals surface area contributed by atoms with Gasteiger partial charge >= 0.3 is 12.6 Å². The molecule has 0 radical (unpaired) electrons. The van der Waals surface area contributed by atoms with Gasteiger partial charge in [-0.15, -0.1) is 0 Å². The monoisotopic (exact) mass is 320 g/mol. The number of carbonyl (C=O) groups is 1. The number of nitrogens with zero attached hydrogens (tertiary/aromatic N) is 1. The Morgan fingerprint density at radius 2 is 2.09 bits per heavy atom. The minimum Gasteiger partial charge on any atom is -0.433 e. The lowest BCUT2D eigenvalue weighted by molar-refractivity contribution is -0.0494. The maximum Gasteiger partial charge on any atom is 0.387 e. The van der Waals surface area contributed by atoms with Crippen molar-refractivity contribution < 1.29 is 27.8 Å². The van der Waals surface area contributed by atoms with E-state index in [-0.39, 0.29) is 24.5 Å². The molecule has 2 N–H and O–H groups in total. The molecule has 2 amide bonds. The highest BCUT2D eigenvalue weighted by Gasteiger charge is 2.22. The zero-order valence-corrected chi connectivity index (χ0v) is 12.6. The number of aliphatic hydroxyl groups is 1. The highest BCUT2D eigenvalue weighted by Crippen LogP contribution is 2.27. The van der Waals surface area contributed by atoms with Crippen molar-refractivity contribution in [2.75, 3.05) is 18.4 Å². The number of nitrogens with one attached hydrogen (secondary N) is 1. The van der Waals surface area contributed by atoms with E-state index in [2.05, 4.69) is 10.1 Å². The molecule has 22 heavy (non-hydrogen) atoms. The molecule has 0 saturated carbocycles. The summed E-state index contributed by atoms with van der Waals surface area (Å²) in [5, 5.41) is 12.1. The van der Waals surface area contributed by atoms with Gasteiger partial charge in [-0.25, -0.2) is 9.18 Å². The van der Waals surface area contributed by atoms with Crippen molar-refractivity contribution in [1.29, 1.82) is 0 Å². The van der Waals surface area contributed by atoms with Crippen LogP contribution in [0.5, 0.6) is 5.75 Å². The molecule has 0 heterocycles. The fourth-order valence-corrected chi connectivity index (χ4v) is 1.79. The smallest absolute Gasteiger partial charge is 0.387 e. The second-order valence-corrected chi connectivity index (χ2v) is 5.28. The first-order chi connectivity index (χ1) is 10.1. The van der Waals surface area contributed by atoms with E-state index in [1.165, 1.54) is 18.7 Å². The van der Waals surface area contributed by atoms with Crippen molar-refractivity contribution in [2.24, 2.45) is 0 Å². The summed E-state index contributed by atoms with van der Waals surface area (Å²) in [4.78, 5) is 13.4. The van der Waals surface area contributed by atoms with E-state index in [4.69, 9.17) is 0 Å². The number of ether oxygens (including phenoxy) is 1. The molecule has 0 saturated heterocycles. The van der Waals surface area contributed by atoms with Crippen molar-refractivity contribution >= 4 is 11.7 Å². The van der Waals surface area contributed by atoms with Gasteiger partial charge in [0.1, 0.15) is 11.6 Å². The van der Waals surface area contributed by atoms with Crippen LogP contribution in [0.25, 0.3) is 0 Å². The van der Waals surface area contributed by atoms with E-state index < -0.39 is 24.1 Å². The van der Waals surface area contributed by atoms with Gasteiger partial charge < -0.3 is 20.1 Å². The van der Waals surface area contributed by atoms with Crippen molar-refractivity contribution in [3.8, 4) is 5.75 Å². The Balaban J connectivity index is 2.92. The number of benzene rings is 1. The molecule has 124 valence electrons. The van der Waals surface area contributed by atoms with Crippen molar-refractivity contribution in [3.05, 3.63) is 24.0 Å². The maximum atomic E-state index is 13.2. The van der Waals surface area contributed by atoms with Crippen LogP contribution in [0.3, 0.4) is 0 Å². The number of hydrogen-bond acceptors (Lipinski definition) is 3. The fourth-order valence-electron chi connectivity index (χ4n) is 1.79. The van der Waals surface area contributed by atoms with Crippen LogP contribution in [0.2, 0.25) is 0 Å². The lowest BCUT2D eigenvalue weighted by Crippen LogP contribution is -2.44. The molecule has 0 aliphatic rings. The second kappa shape index (κ2) is 7.35. The van der Waals surface area contributed by atoms with E-state index in [0.717, 1.165) is 18.2 Å². The first-order valence-electron chi connectivity index (χ1n) is 6.65. The normalized spacial score (nSPS) is 11.5. The Labute approximate surface area is 126 Å². The van der Waals surface area contributed by atoms with Crippen LogP contribution >= 0.6 is 0 Å². The number of urea groups is 1. The number of carbonyl (C=O) groups excluding carboxylic acids is 1. The van der Waals surface area contributed by atoms with E-state index in [9.17, 15) is 23.1 Å². The number of alkyl halides is 2. The Kier molecular flexibility index (Phi) is 6.04. The van der Waals surface area contributed by atoms with E-state index in [1.807, 2.05) is 0 Å². The molecular formula is C14H19F3N2O3. The molecule has 0 aliphatic carbocycles. The maximum absolute atomic E-state index is 13.2. The summed E-state index contributed by atoms with van der Waals surface area (Å²) in [6.07, 6.45) is 0. The SMILES string of the molecule is CCN(CC(C)(C)O)C(=O)Nc1cc(F)ccc1OC(F)F. The Morgan fingerprint density at radius 1 is 1.45 bits per heavy atom. The minimum atomic E-state index is -3.10. The Hall–Kier alpha value is -1.96. The quantitative estimate of drug-likeness (QED) is 0.847. The molecule has 8 heteroatoms. The fraction of sp³-hybridized carbons (Fsp3) is 0.500. The van der Waals surface area contributed by atoms with Gasteiger partial charge in [0.05, 0.1) is 17.8 Å². The summed E-state index contributed by atoms with van der Waals surface area (Å²) in [5.74, 6) is -1.05. The zero-order chi connectivity index (χ0) is 16.9. The summed E-state index contributed by atoms with van der Waals surface area (Å²) < 4.78 is 42.1. The molecule has 1 aromatic rings. The van der Waals surface area contributed by atoms with Crippen LogP contribution in [0, 0.1) is 5.82 Å². The first-order valence-corrected chi connectivity index (χ1v) is 6.65. The van der Waals surface area contributed by atoms with Gasteiger partial charge in [0.25, 0.3) is 0 Å². The highest BCUT2D eigenvalue weighted by molar-refractivity contribution is 5.91. The predicted octanol–water partition coefficient (Wildman–Crippen LogP) is 3.05. The summed E-state index contributed by atoms with van der Waals surface area (Å²) in [6.45, 7) is 1.94. The molecule has 0 atom stereocenters. The molecule has 5 nitrogen and oxygen atoms in total.